The van der Waals surface area contributed by atoms with E-state index in [2.05, 4.69) is 24.9 Å². The highest BCUT2D eigenvalue weighted by Gasteiger charge is 2.07. The minimum Gasteiger partial charge on any atom is -0.384 e. The van der Waals surface area contributed by atoms with Gasteiger partial charge in [-0.05, 0) is 43.3 Å². The largest absolute Gasteiger partial charge is 0.384 e. The Morgan fingerprint density at radius 2 is 2.05 bits per heavy atom. The molecule has 1 heterocycles. The maximum absolute atomic E-state index is 7.45. The van der Waals surface area contributed by atoms with Crippen LogP contribution in [0, 0.1) is 12.3 Å². The number of halogens is 1. The number of hydrogen-bond acceptors (Lipinski definition) is 3. The third-order valence-electron chi connectivity index (χ3n) is 3.15. The Labute approximate surface area is 128 Å². The van der Waals surface area contributed by atoms with E-state index in [1.165, 1.54) is 10.4 Å². The molecule has 1 aromatic carbocycles. The summed E-state index contributed by atoms with van der Waals surface area (Å²) in [6.07, 6.45) is 0. The van der Waals surface area contributed by atoms with E-state index in [0.717, 1.165) is 28.6 Å². The number of nitrogen functional groups attached to an aromatic ring is 1. The molecule has 0 bridgehead atoms. The molecule has 3 nitrogen and oxygen atoms in total. The lowest BCUT2D eigenvalue weighted by Gasteiger charge is -2.17. The van der Waals surface area contributed by atoms with Crippen molar-refractivity contribution in [3.63, 3.8) is 0 Å². The van der Waals surface area contributed by atoms with Crippen LogP contribution in [-0.2, 0) is 13.1 Å². The number of amidine groups is 1. The first-order chi connectivity index (χ1) is 9.45. The van der Waals surface area contributed by atoms with Crippen LogP contribution in [0.4, 0.5) is 0 Å². The monoisotopic (exact) mass is 307 g/mol. The summed E-state index contributed by atoms with van der Waals surface area (Å²) in [5.74, 6) is 0.112. The molecule has 2 rings (SSSR count). The lowest BCUT2D eigenvalue weighted by atomic mass is 10.0. The number of rotatable bonds is 5. The van der Waals surface area contributed by atoms with Crippen molar-refractivity contribution in [2.45, 2.75) is 20.0 Å². The Hall–Kier alpha value is -1.36. The van der Waals surface area contributed by atoms with Gasteiger partial charge in [0.15, 0.2) is 0 Å². The van der Waals surface area contributed by atoms with Crippen LogP contribution in [0.3, 0.4) is 0 Å². The number of nitrogens with two attached hydrogens (primary N) is 1. The van der Waals surface area contributed by atoms with Gasteiger partial charge in [-0.25, -0.2) is 0 Å². The molecule has 0 fully saturated rings. The van der Waals surface area contributed by atoms with E-state index in [-0.39, 0.29) is 5.84 Å². The normalized spacial score (nSPS) is 11.0. The molecular formula is C15H18ClN3S. The van der Waals surface area contributed by atoms with E-state index in [9.17, 15) is 0 Å². The van der Waals surface area contributed by atoms with Gasteiger partial charge in [-0.2, -0.15) is 0 Å². The summed E-state index contributed by atoms with van der Waals surface area (Å²) in [7, 11) is 2.09. The molecule has 3 N–H and O–H groups in total. The van der Waals surface area contributed by atoms with Gasteiger partial charge in [0.2, 0.25) is 0 Å². The van der Waals surface area contributed by atoms with E-state index in [0.29, 0.717) is 0 Å². The minimum absolute atomic E-state index is 0.112. The first-order valence-electron chi connectivity index (χ1n) is 6.32. The fraction of sp³-hybridized carbons (Fsp3) is 0.267. The predicted octanol–water partition coefficient (Wildman–Crippen LogP) is 3.63. The lowest BCUT2D eigenvalue weighted by Crippen LogP contribution is -2.18. The van der Waals surface area contributed by atoms with Crippen molar-refractivity contribution in [2.24, 2.45) is 5.73 Å². The van der Waals surface area contributed by atoms with Crippen molar-refractivity contribution in [3.05, 3.63) is 56.2 Å². The Morgan fingerprint density at radius 3 is 2.60 bits per heavy atom. The number of hydrogen-bond donors (Lipinski definition) is 2. The van der Waals surface area contributed by atoms with Crippen molar-refractivity contribution >= 4 is 28.8 Å². The Balaban J connectivity index is 2.04. The standard InChI is InChI=1S/C15H18ClN3S/c1-10-7-11(15(17)18)3-4-12(10)8-19(2)9-13-5-6-14(16)20-13/h3-7H,8-9H2,1-2H3,(H3,17,18). The van der Waals surface area contributed by atoms with Gasteiger partial charge < -0.3 is 5.73 Å². The maximum atomic E-state index is 7.45. The molecule has 0 aliphatic carbocycles. The van der Waals surface area contributed by atoms with Crippen molar-refractivity contribution in [3.8, 4) is 0 Å². The average molecular weight is 308 g/mol. The van der Waals surface area contributed by atoms with Crippen molar-refractivity contribution < 1.29 is 0 Å². The second-order valence-electron chi connectivity index (χ2n) is 4.93. The van der Waals surface area contributed by atoms with Crippen LogP contribution in [0.15, 0.2) is 30.3 Å². The zero-order valence-corrected chi connectivity index (χ0v) is 13.2. The van der Waals surface area contributed by atoms with Crippen LogP contribution in [-0.4, -0.2) is 17.8 Å². The van der Waals surface area contributed by atoms with Crippen LogP contribution >= 0.6 is 22.9 Å². The van der Waals surface area contributed by atoms with E-state index in [1.807, 2.05) is 24.3 Å². The Bertz CT molecular complexity index is 621. The first kappa shape index (κ1) is 15.0. The lowest BCUT2D eigenvalue weighted by molar-refractivity contribution is 0.321. The van der Waals surface area contributed by atoms with Gasteiger partial charge >= 0.3 is 0 Å². The topological polar surface area (TPSA) is 53.1 Å². The van der Waals surface area contributed by atoms with Gasteiger partial charge in [-0.1, -0.05) is 23.7 Å². The Morgan fingerprint density at radius 1 is 1.30 bits per heavy atom. The summed E-state index contributed by atoms with van der Waals surface area (Å²) in [6, 6.07) is 9.91. The highest BCUT2D eigenvalue weighted by molar-refractivity contribution is 7.16. The summed E-state index contributed by atoms with van der Waals surface area (Å²) in [5, 5.41) is 7.45. The van der Waals surface area contributed by atoms with Crippen LogP contribution in [0.25, 0.3) is 0 Å². The van der Waals surface area contributed by atoms with E-state index in [1.54, 1.807) is 11.3 Å². The van der Waals surface area contributed by atoms with E-state index >= 15 is 0 Å². The molecule has 0 atom stereocenters. The second-order valence-corrected chi connectivity index (χ2v) is 6.73. The van der Waals surface area contributed by atoms with Crippen LogP contribution in [0.5, 0.6) is 0 Å². The number of benzene rings is 1. The third kappa shape index (κ3) is 3.82. The summed E-state index contributed by atoms with van der Waals surface area (Å²) in [6.45, 7) is 3.79. The van der Waals surface area contributed by atoms with Crippen molar-refractivity contribution in [2.75, 3.05) is 7.05 Å². The highest BCUT2D eigenvalue weighted by Crippen LogP contribution is 2.23. The van der Waals surface area contributed by atoms with Gasteiger partial charge in [0, 0.05) is 23.5 Å². The molecule has 0 saturated heterocycles. The summed E-state index contributed by atoms with van der Waals surface area (Å²) in [5.41, 5.74) is 8.69. The molecule has 0 saturated carbocycles. The summed E-state index contributed by atoms with van der Waals surface area (Å²) >= 11 is 7.56. The highest BCUT2D eigenvalue weighted by atomic mass is 35.5. The smallest absolute Gasteiger partial charge is 0.122 e. The van der Waals surface area contributed by atoms with Crippen LogP contribution in [0.1, 0.15) is 21.6 Å². The predicted molar refractivity (Wildman–Crippen MR) is 86.7 cm³/mol. The SMILES string of the molecule is Cc1cc(C(=N)N)ccc1CN(C)Cc1ccc(Cl)s1. The third-order valence-corrected chi connectivity index (χ3v) is 4.36. The van der Waals surface area contributed by atoms with E-state index < -0.39 is 0 Å². The van der Waals surface area contributed by atoms with Crippen molar-refractivity contribution in [1.29, 1.82) is 5.41 Å². The summed E-state index contributed by atoms with van der Waals surface area (Å²) < 4.78 is 0.829. The number of thiophene rings is 1. The van der Waals surface area contributed by atoms with Gasteiger partial charge in [0.25, 0.3) is 0 Å². The van der Waals surface area contributed by atoms with Gasteiger partial charge in [-0.3, -0.25) is 10.3 Å². The quantitative estimate of drug-likeness (QED) is 0.654. The van der Waals surface area contributed by atoms with Crippen LogP contribution < -0.4 is 5.73 Å². The number of nitrogens with zero attached hydrogens (tertiary/aromatic N) is 1. The maximum Gasteiger partial charge on any atom is 0.122 e. The van der Waals surface area contributed by atoms with Gasteiger partial charge in [0.05, 0.1) is 4.34 Å². The zero-order chi connectivity index (χ0) is 14.7. The molecule has 20 heavy (non-hydrogen) atoms. The van der Waals surface area contributed by atoms with E-state index in [4.69, 9.17) is 22.7 Å². The molecule has 0 aliphatic rings. The second kappa shape index (κ2) is 6.39. The molecule has 0 radical (unpaired) electrons. The van der Waals surface area contributed by atoms with Gasteiger partial charge in [-0.15, -0.1) is 11.3 Å². The Kier molecular flexibility index (Phi) is 4.81. The summed E-state index contributed by atoms with van der Waals surface area (Å²) in [4.78, 5) is 3.51. The van der Waals surface area contributed by atoms with Crippen molar-refractivity contribution in [1.82, 2.24) is 4.90 Å². The molecule has 1 aromatic heterocycles. The molecule has 2 aromatic rings. The molecule has 0 spiro atoms. The first-order valence-corrected chi connectivity index (χ1v) is 7.52. The fourth-order valence-corrected chi connectivity index (χ4v) is 3.26. The fourth-order valence-electron chi connectivity index (χ4n) is 2.09. The molecule has 0 aliphatic heterocycles. The molecule has 0 amide bonds. The van der Waals surface area contributed by atoms with Gasteiger partial charge in [0.1, 0.15) is 5.84 Å². The molecule has 0 unspecified atom stereocenters. The molecular weight excluding hydrogens is 290 g/mol. The molecule has 106 valence electrons. The number of aryl methyl sites for hydroxylation is 1. The zero-order valence-electron chi connectivity index (χ0n) is 11.6. The molecule has 5 heteroatoms. The number of nitrogens with one attached hydrogen (secondary N) is 1. The van der Waals surface area contributed by atoms with Crippen LogP contribution in [0.2, 0.25) is 4.34 Å². The minimum atomic E-state index is 0.112. The average Bonchev–Trinajstić information content (AvgIpc) is 2.77.